The van der Waals surface area contributed by atoms with Crippen LogP contribution in [-0.2, 0) is 16.1 Å². The molecule has 1 atom stereocenters. The molecule has 1 aromatic carbocycles. The Labute approximate surface area is 124 Å². The highest BCUT2D eigenvalue weighted by molar-refractivity contribution is 5.80. The topological polar surface area (TPSA) is 148 Å². The monoisotopic (exact) mass is 314 g/mol. The second kappa shape index (κ2) is 8.42. The number of nitrogens with zero attached hydrogens (tertiary/aromatic N) is 1. The molecule has 3 N–H and O–H groups in total. The molecule has 10 nitrogen and oxygen atoms in total. The number of hydrogen-bond acceptors (Lipinski definition) is 7. The molecule has 0 fully saturated rings. The molecule has 0 aromatic heterocycles. The molecule has 0 saturated carbocycles. The molecule has 10 heteroatoms. The highest BCUT2D eigenvalue weighted by Crippen LogP contribution is 2.13. The lowest BCUT2D eigenvalue weighted by Gasteiger charge is -2.11. The first-order valence-corrected chi connectivity index (χ1v) is 6.10. The van der Waals surface area contributed by atoms with Crippen LogP contribution in [0, 0.1) is 10.1 Å². The van der Waals surface area contributed by atoms with Gasteiger partial charge < -0.3 is 25.1 Å². The Kier molecular flexibility index (Phi) is 6.57. The maximum Gasteiger partial charge on any atom is 0.413 e. The zero-order chi connectivity index (χ0) is 16.5. The maximum absolute atomic E-state index is 11.4. The quantitative estimate of drug-likeness (QED) is 0.447. The maximum atomic E-state index is 11.4. The third kappa shape index (κ3) is 6.05. The van der Waals surface area contributed by atoms with Gasteiger partial charge >= 0.3 is 12.1 Å². The number of aliphatic hydroxyl groups excluding tert-OH is 1. The van der Waals surface area contributed by atoms with Crippen LogP contribution in [0.2, 0.25) is 0 Å². The zero-order valence-corrected chi connectivity index (χ0v) is 11.3. The lowest BCUT2D eigenvalue weighted by Crippen LogP contribution is -2.44. The van der Waals surface area contributed by atoms with E-state index in [0.717, 1.165) is 5.56 Å². The number of carbonyl (C=O) groups excluding carboxylic acids is 1. The van der Waals surface area contributed by atoms with Gasteiger partial charge in [0.1, 0.15) is 12.4 Å². The highest BCUT2D eigenvalue weighted by Gasteiger charge is 2.19. The van der Waals surface area contributed by atoms with E-state index in [4.69, 9.17) is 14.9 Å². The first-order valence-electron chi connectivity index (χ1n) is 6.10. The molecular formula is C12H14N2O8. The Balaban J connectivity index is 2.48. The van der Waals surface area contributed by atoms with Crippen LogP contribution in [0.25, 0.3) is 0 Å². The lowest BCUT2D eigenvalue weighted by molar-refractivity contribution is -0.757. The van der Waals surface area contributed by atoms with Gasteiger partial charge in [-0.3, -0.25) is 0 Å². The van der Waals surface area contributed by atoms with E-state index in [1.807, 2.05) is 5.32 Å². The Bertz CT molecular complexity index is 530. The normalized spacial score (nSPS) is 11.3. The number of carboxylic acids is 1. The minimum atomic E-state index is -1.45. The molecule has 0 radical (unpaired) electrons. The van der Waals surface area contributed by atoms with E-state index >= 15 is 0 Å². The number of amides is 1. The molecule has 0 spiro atoms. The van der Waals surface area contributed by atoms with E-state index in [9.17, 15) is 19.7 Å². The Morgan fingerprint density at radius 3 is 2.45 bits per heavy atom. The van der Waals surface area contributed by atoms with E-state index in [0.29, 0.717) is 6.42 Å². The number of ether oxygens (including phenoxy) is 1. The molecule has 22 heavy (non-hydrogen) atoms. The van der Waals surface area contributed by atoms with Gasteiger partial charge in [-0.1, -0.05) is 12.1 Å². The summed E-state index contributed by atoms with van der Waals surface area (Å²) in [7, 11) is 0. The Hall–Kier alpha value is -2.88. The van der Waals surface area contributed by atoms with Gasteiger partial charge in [-0.25, -0.2) is 9.59 Å². The fourth-order valence-electron chi connectivity index (χ4n) is 1.43. The van der Waals surface area contributed by atoms with Crippen LogP contribution in [0.15, 0.2) is 24.3 Å². The predicted molar refractivity (Wildman–Crippen MR) is 70.8 cm³/mol. The second-order valence-corrected chi connectivity index (χ2v) is 4.06. The molecule has 0 aliphatic carbocycles. The summed E-state index contributed by atoms with van der Waals surface area (Å²) >= 11 is 0. The van der Waals surface area contributed by atoms with Gasteiger partial charge in [-0.05, 0) is 24.1 Å². The molecular weight excluding hydrogens is 300 g/mol. The summed E-state index contributed by atoms with van der Waals surface area (Å²) in [6.07, 6.45) is -0.718. The molecule has 0 aliphatic heterocycles. The van der Waals surface area contributed by atoms with Crippen molar-refractivity contribution in [2.75, 3.05) is 13.2 Å². The van der Waals surface area contributed by atoms with Gasteiger partial charge in [0.25, 0.3) is 5.09 Å². The highest BCUT2D eigenvalue weighted by atomic mass is 16.9. The summed E-state index contributed by atoms with van der Waals surface area (Å²) in [5.41, 5.74) is 0.730. The second-order valence-electron chi connectivity index (χ2n) is 4.06. The first-order chi connectivity index (χ1) is 10.4. The molecule has 0 heterocycles. The summed E-state index contributed by atoms with van der Waals surface area (Å²) in [5, 5.41) is 28.5. The van der Waals surface area contributed by atoms with Gasteiger partial charge in [0.15, 0.2) is 6.04 Å². The predicted octanol–water partition coefficient (Wildman–Crippen LogP) is -0.0287. The summed E-state index contributed by atoms with van der Waals surface area (Å²) in [4.78, 5) is 36.2. The van der Waals surface area contributed by atoms with Gasteiger partial charge in [0, 0.05) is 0 Å². The number of nitrogens with one attached hydrogen (secondary N) is 1. The van der Waals surface area contributed by atoms with E-state index in [-0.39, 0.29) is 12.4 Å². The first kappa shape index (κ1) is 17.2. The van der Waals surface area contributed by atoms with Crippen molar-refractivity contribution in [1.82, 2.24) is 5.32 Å². The fraction of sp³-hybridized carbons (Fsp3) is 0.333. The van der Waals surface area contributed by atoms with Gasteiger partial charge in [0.05, 0.1) is 6.61 Å². The number of benzene rings is 1. The number of hydrogen-bond donors (Lipinski definition) is 3. The number of aliphatic carboxylic acids is 1. The minimum Gasteiger partial charge on any atom is -0.480 e. The third-order valence-corrected chi connectivity index (χ3v) is 2.49. The molecule has 1 amide bonds. The fourth-order valence-corrected chi connectivity index (χ4v) is 1.43. The Morgan fingerprint density at radius 1 is 1.32 bits per heavy atom. The van der Waals surface area contributed by atoms with Crippen LogP contribution >= 0.6 is 0 Å². The lowest BCUT2D eigenvalue weighted by atomic mass is 10.1. The van der Waals surface area contributed by atoms with Crippen molar-refractivity contribution in [3.05, 3.63) is 39.9 Å². The molecule has 0 bridgehead atoms. The average molecular weight is 314 g/mol. The van der Waals surface area contributed by atoms with E-state index in [1.54, 1.807) is 12.1 Å². The van der Waals surface area contributed by atoms with Gasteiger partial charge in [-0.2, -0.15) is 0 Å². The molecule has 0 saturated heterocycles. The number of rotatable bonds is 8. The van der Waals surface area contributed by atoms with E-state index in [2.05, 4.69) is 4.84 Å². The van der Waals surface area contributed by atoms with Crippen LogP contribution in [0.5, 0.6) is 5.75 Å². The van der Waals surface area contributed by atoms with Crippen LogP contribution in [0.3, 0.4) is 0 Å². The molecule has 1 rings (SSSR count). The smallest absolute Gasteiger partial charge is 0.413 e. The van der Waals surface area contributed by atoms with Crippen LogP contribution in [0.4, 0.5) is 4.79 Å². The third-order valence-electron chi connectivity index (χ3n) is 2.49. The summed E-state index contributed by atoms with van der Waals surface area (Å²) in [6.45, 7) is -0.857. The molecule has 1 aromatic rings. The SMILES string of the molecule is O=C(NC(CO)C(=O)O)Oc1ccc(CCO[N+](=O)[O-])cc1. The van der Waals surface area contributed by atoms with Crippen LogP contribution in [0.1, 0.15) is 5.56 Å². The van der Waals surface area contributed by atoms with E-state index < -0.39 is 29.8 Å². The van der Waals surface area contributed by atoms with Crippen molar-refractivity contribution in [3.8, 4) is 5.75 Å². The van der Waals surface area contributed by atoms with Crippen molar-refractivity contribution in [1.29, 1.82) is 0 Å². The summed E-state index contributed by atoms with van der Waals surface area (Å²) in [6, 6.07) is 4.58. The number of aliphatic hydroxyl groups is 1. The molecule has 1 unspecified atom stereocenters. The summed E-state index contributed by atoms with van der Waals surface area (Å²) in [5.74, 6) is -1.24. The molecule has 0 aliphatic rings. The van der Waals surface area contributed by atoms with Crippen molar-refractivity contribution in [3.63, 3.8) is 0 Å². The largest absolute Gasteiger partial charge is 0.480 e. The van der Waals surface area contributed by atoms with Crippen molar-refractivity contribution in [2.45, 2.75) is 12.5 Å². The summed E-state index contributed by atoms with van der Waals surface area (Å²) < 4.78 is 4.83. The molecule has 120 valence electrons. The van der Waals surface area contributed by atoms with E-state index in [1.165, 1.54) is 12.1 Å². The minimum absolute atomic E-state index is 0.0928. The van der Waals surface area contributed by atoms with Crippen molar-refractivity contribution < 1.29 is 34.5 Å². The van der Waals surface area contributed by atoms with Crippen LogP contribution in [-0.4, -0.2) is 46.6 Å². The number of carboxylic acid groups (broad SMARTS) is 1. The number of carbonyl (C=O) groups is 2. The Morgan fingerprint density at radius 2 is 1.95 bits per heavy atom. The van der Waals surface area contributed by atoms with Crippen LogP contribution < -0.4 is 10.1 Å². The van der Waals surface area contributed by atoms with Crippen molar-refractivity contribution in [2.24, 2.45) is 0 Å². The average Bonchev–Trinajstić information content (AvgIpc) is 2.46. The van der Waals surface area contributed by atoms with Crippen molar-refractivity contribution >= 4 is 12.1 Å². The standard InChI is InChI=1S/C12H14N2O8/c15-7-10(11(16)17)13-12(18)22-9-3-1-8(2-4-9)5-6-21-14(19)20/h1-4,10,15H,5-7H2,(H,13,18)(H,16,17). The van der Waals surface area contributed by atoms with Gasteiger partial charge in [0.2, 0.25) is 0 Å². The zero-order valence-electron chi connectivity index (χ0n) is 11.3. The van der Waals surface area contributed by atoms with Gasteiger partial charge in [-0.15, -0.1) is 10.1 Å².